The number of fused-ring (bicyclic) bond motifs is 2. The summed E-state index contributed by atoms with van der Waals surface area (Å²) >= 11 is 0. The van der Waals surface area contributed by atoms with Crippen molar-refractivity contribution in [3.8, 4) is 0 Å². The van der Waals surface area contributed by atoms with E-state index in [2.05, 4.69) is 24.1 Å². The molecule has 5 nitrogen and oxygen atoms in total. The van der Waals surface area contributed by atoms with Crippen LogP contribution < -0.4 is 0 Å². The van der Waals surface area contributed by atoms with Crippen LogP contribution in [0, 0.1) is 10.1 Å². The zero-order valence-corrected chi connectivity index (χ0v) is 15.0. The highest BCUT2D eigenvalue weighted by Crippen LogP contribution is 2.38. The fourth-order valence-electron chi connectivity index (χ4n) is 4.41. The topological polar surface area (TPSA) is 55.6 Å². The van der Waals surface area contributed by atoms with Crippen molar-refractivity contribution in [3.63, 3.8) is 0 Å². The molecule has 0 N–H and O–H groups in total. The van der Waals surface area contributed by atoms with Crippen molar-refractivity contribution in [3.05, 3.63) is 75.8 Å². The molecule has 4 atom stereocenters. The largest absolute Gasteiger partial charge is 0.365 e. The molecular formula is C21H24N2O3. The Kier molecular flexibility index (Phi) is 4.74. The van der Waals surface area contributed by atoms with Crippen molar-refractivity contribution >= 4 is 5.69 Å². The summed E-state index contributed by atoms with van der Waals surface area (Å²) in [7, 11) is 2.23. The monoisotopic (exact) mass is 352 g/mol. The lowest BCUT2D eigenvalue weighted by Crippen LogP contribution is -2.43. The van der Waals surface area contributed by atoms with Crippen LogP contribution in [0.2, 0.25) is 0 Å². The third kappa shape index (κ3) is 3.37. The van der Waals surface area contributed by atoms with Crippen LogP contribution in [0.1, 0.15) is 42.9 Å². The Balaban J connectivity index is 1.58. The lowest BCUT2D eigenvalue weighted by Gasteiger charge is -2.37. The van der Waals surface area contributed by atoms with Gasteiger partial charge in [0.25, 0.3) is 5.69 Å². The average Bonchev–Trinajstić information content (AvgIpc) is 2.88. The third-order valence-electron chi connectivity index (χ3n) is 5.89. The summed E-state index contributed by atoms with van der Waals surface area (Å²) in [5, 5.41) is 10.9. The molecule has 2 aliphatic heterocycles. The smallest absolute Gasteiger partial charge is 0.269 e. The van der Waals surface area contributed by atoms with Crippen molar-refractivity contribution in [2.75, 3.05) is 7.05 Å². The van der Waals surface area contributed by atoms with E-state index in [1.54, 1.807) is 12.1 Å². The van der Waals surface area contributed by atoms with Gasteiger partial charge in [-0.3, -0.25) is 10.1 Å². The number of ether oxygens (including phenoxy) is 1. The van der Waals surface area contributed by atoms with Crippen LogP contribution in [0.25, 0.3) is 0 Å². The van der Waals surface area contributed by atoms with Gasteiger partial charge in [0.1, 0.15) is 6.10 Å². The van der Waals surface area contributed by atoms with Crippen molar-refractivity contribution in [1.82, 2.24) is 4.90 Å². The Labute approximate surface area is 153 Å². The number of nitrogens with zero attached hydrogens (tertiary/aromatic N) is 2. The first-order valence-electron chi connectivity index (χ1n) is 9.28. The number of hydrogen-bond donors (Lipinski definition) is 0. The van der Waals surface area contributed by atoms with Crippen LogP contribution >= 0.6 is 0 Å². The van der Waals surface area contributed by atoms with Gasteiger partial charge < -0.3 is 9.64 Å². The number of hydrogen-bond acceptors (Lipinski definition) is 4. The Morgan fingerprint density at radius 3 is 2.15 bits per heavy atom. The predicted octanol–water partition coefficient (Wildman–Crippen LogP) is 4.33. The summed E-state index contributed by atoms with van der Waals surface area (Å²) in [5.74, 6) is 0. The van der Waals surface area contributed by atoms with Gasteiger partial charge in [0.15, 0.2) is 0 Å². The second-order valence-electron chi connectivity index (χ2n) is 7.42. The SMILES string of the molecule is CN1[C@@H]2CC[C@H]1CC(OC(c1ccccc1)c1ccc([N+](=O)[O-])cc1)C2. The molecule has 0 amide bonds. The zero-order chi connectivity index (χ0) is 18.1. The van der Waals surface area contributed by atoms with Gasteiger partial charge in [-0.1, -0.05) is 30.3 Å². The number of rotatable bonds is 5. The van der Waals surface area contributed by atoms with E-state index >= 15 is 0 Å². The molecule has 2 aromatic rings. The Morgan fingerprint density at radius 1 is 1.00 bits per heavy atom. The van der Waals surface area contributed by atoms with Gasteiger partial charge in [-0.2, -0.15) is 0 Å². The van der Waals surface area contributed by atoms with Crippen LogP contribution in [-0.4, -0.2) is 35.1 Å². The summed E-state index contributed by atoms with van der Waals surface area (Å²) in [4.78, 5) is 13.1. The molecule has 2 unspecified atom stereocenters. The van der Waals surface area contributed by atoms with Gasteiger partial charge in [0.2, 0.25) is 0 Å². The van der Waals surface area contributed by atoms with E-state index in [-0.39, 0.29) is 22.8 Å². The minimum absolute atomic E-state index is 0.109. The molecule has 0 aromatic heterocycles. The molecule has 136 valence electrons. The van der Waals surface area contributed by atoms with E-state index in [0.29, 0.717) is 12.1 Å². The second kappa shape index (κ2) is 7.17. The highest BCUT2D eigenvalue weighted by Gasteiger charge is 2.39. The molecule has 2 heterocycles. The zero-order valence-electron chi connectivity index (χ0n) is 15.0. The minimum atomic E-state index is -0.364. The average molecular weight is 352 g/mol. The molecule has 2 bridgehead atoms. The summed E-state index contributed by atoms with van der Waals surface area (Å²) in [5.41, 5.74) is 2.17. The molecule has 4 rings (SSSR count). The maximum absolute atomic E-state index is 10.9. The standard InChI is InChI=1S/C21H24N2O3/c1-22-18-11-12-19(22)14-20(13-18)26-21(15-5-3-2-4-6-15)16-7-9-17(10-8-16)23(24)25/h2-10,18-21H,11-14H2,1H3/t18-,19+,20?,21?. The highest BCUT2D eigenvalue weighted by atomic mass is 16.6. The highest BCUT2D eigenvalue weighted by molar-refractivity contribution is 5.37. The summed E-state index contributed by atoms with van der Waals surface area (Å²) < 4.78 is 6.60. The fraction of sp³-hybridized carbons (Fsp3) is 0.429. The first-order valence-corrected chi connectivity index (χ1v) is 9.28. The summed E-state index contributed by atoms with van der Waals surface area (Å²) in [6.45, 7) is 0. The minimum Gasteiger partial charge on any atom is -0.365 e. The first-order chi connectivity index (χ1) is 12.6. The molecule has 0 aliphatic carbocycles. The number of nitro benzene ring substituents is 1. The number of non-ortho nitro benzene ring substituents is 1. The number of benzene rings is 2. The van der Waals surface area contributed by atoms with Gasteiger partial charge in [0.05, 0.1) is 11.0 Å². The predicted molar refractivity (Wildman–Crippen MR) is 100 cm³/mol. The van der Waals surface area contributed by atoms with Crippen molar-refractivity contribution in [1.29, 1.82) is 0 Å². The van der Waals surface area contributed by atoms with Crippen LogP contribution in [0.3, 0.4) is 0 Å². The normalized spacial score (nSPS) is 26.6. The molecule has 2 fully saturated rings. The van der Waals surface area contributed by atoms with E-state index in [0.717, 1.165) is 24.0 Å². The summed E-state index contributed by atoms with van der Waals surface area (Å²) in [6.07, 6.45) is 4.67. The van der Waals surface area contributed by atoms with Crippen LogP contribution in [-0.2, 0) is 4.74 Å². The second-order valence-corrected chi connectivity index (χ2v) is 7.42. The molecule has 26 heavy (non-hydrogen) atoms. The van der Waals surface area contributed by atoms with Crippen molar-refractivity contribution in [2.45, 2.75) is 50.0 Å². The van der Waals surface area contributed by atoms with Gasteiger partial charge in [-0.15, -0.1) is 0 Å². The Morgan fingerprint density at radius 2 is 1.58 bits per heavy atom. The van der Waals surface area contributed by atoms with Crippen molar-refractivity contribution in [2.24, 2.45) is 0 Å². The number of nitro groups is 1. The maximum atomic E-state index is 10.9. The molecule has 5 heteroatoms. The van der Waals surface area contributed by atoms with E-state index in [1.165, 1.54) is 12.8 Å². The van der Waals surface area contributed by atoms with E-state index < -0.39 is 0 Å². The van der Waals surface area contributed by atoms with E-state index in [9.17, 15) is 10.1 Å². The molecule has 2 saturated heterocycles. The van der Waals surface area contributed by atoms with Crippen LogP contribution in [0.5, 0.6) is 0 Å². The first kappa shape index (κ1) is 17.2. The van der Waals surface area contributed by atoms with Crippen molar-refractivity contribution < 1.29 is 9.66 Å². The molecule has 2 aliphatic rings. The summed E-state index contributed by atoms with van der Waals surface area (Å²) in [6, 6.07) is 18.1. The Bertz CT molecular complexity index is 749. The third-order valence-corrected chi connectivity index (χ3v) is 5.89. The van der Waals surface area contributed by atoms with E-state index in [1.807, 2.05) is 30.3 Å². The fourth-order valence-corrected chi connectivity index (χ4v) is 4.41. The molecule has 0 spiro atoms. The lowest BCUT2D eigenvalue weighted by molar-refractivity contribution is -0.384. The van der Waals surface area contributed by atoms with Gasteiger partial charge >= 0.3 is 0 Å². The molecule has 2 aromatic carbocycles. The van der Waals surface area contributed by atoms with E-state index in [4.69, 9.17) is 4.74 Å². The maximum Gasteiger partial charge on any atom is 0.269 e. The lowest BCUT2D eigenvalue weighted by atomic mass is 9.97. The quantitative estimate of drug-likeness (QED) is 0.594. The molecule has 0 saturated carbocycles. The van der Waals surface area contributed by atoms with Gasteiger partial charge in [-0.05, 0) is 56.0 Å². The van der Waals surface area contributed by atoms with Gasteiger partial charge in [0, 0.05) is 24.2 Å². The Hall–Kier alpha value is -2.24. The van der Waals surface area contributed by atoms with Gasteiger partial charge in [-0.25, -0.2) is 0 Å². The molecular weight excluding hydrogens is 328 g/mol. The number of piperidine rings is 1. The molecule has 0 radical (unpaired) electrons. The van der Waals surface area contributed by atoms with Crippen LogP contribution in [0.15, 0.2) is 54.6 Å². The van der Waals surface area contributed by atoms with Crippen LogP contribution in [0.4, 0.5) is 5.69 Å².